The van der Waals surface area contributed by atoms with E-state index in [1.165, 1.54) is 6.08 Å². The fourth-order valence-corrected chi connectivity index (χ4v) is 5.30. The van der Waals surface area contributed by atoms with Crippen LogP contribution in [0.25, 0.3) is 0 Å². The average molecular weight is 606 g/mol. The number of nitrogens with zero attached hydrogens (tertiary/aromatic N) is 1. The molecule has 1 N–H and O–H groups in total. The summed E-state index contributed by atoms with van der Waals surface area (Å²) in [5, 5.41) is 8.84. The lowest BCUT2D eigenvalue weighted by molar-refractivity contribution is -0.158. The molecular weight excluding hydrogens is 562 g/mol. The van der Waals surface area contributed by atoms with Gasteiger partial charge in [-0.3, -0.25) is 19.2 Å². The Bertz CT molecular complexity index is 1260. The summed E-state index contributed by atoms with van der Waals surface area (Å²) in [6.07, 6.45) is 7.85. The zero-order valence-electron chi connectivity index (χ0n) is 25.4. The van der Waals surface area contributed by atoms with Crippen molar-refractivity contribution in [3.63, 3.8) is 0 Å². The highest BCUT2D eigenvalue weighted by atomic mass is 16.6. The number of aliphatic hydroxyl groups is 1. The van der Waals surface area contributed by atoms with E-state index in [1.54, 1.807) is 48.5 Å². The molecule has 0 radical (unpaired) electrons. The number of ether oxygens (including phenoxy) is 2. The number of rotatable bonds is 19. The van der Waals surface area contributed by atoms with E-state index in [0.29, 0.717) is 17.5 Å². The number of ketones is 2. The topological polar surface area (TPSA) is 127 Å². The maximum atomic E-state index is 14.1. The molecule has 3 atom stereocenters. The van der Waals surface area contributed by atoms with E-state index in [2.05, 4.69) is 0 Å². The largest absolute Gasteiger partial charge is 0.453 e. The third-order valence-corrected chi connectivity index (χ3v) is 7.61. The van der Waals surface area contributed by atoms with Gasteiger partial charge in [0, 0.05) is 20.0 Å². The molecule has 1 heterocycles. The first kappa shape index (κ1) is 34.4. The van der Waals surface area contributed by atoms with Crippen LogP contribution >= 0.6 is 0 Å². The molecule has 3 rings (SSSR count). The number of hydrogen-bond donors (Lipinski definition) is 1. The molecule has 2 amide bonds. The summed E-state index contributed by atoms with van der Waals surface area (Å²) in [4.78, 5) is 66.1. The number of esters is 1. The van der Waals surface area contributed by atoms with Gasteiger partial charge in [0.25, 0.3) is 0 Å². The van der Waals surface area contributed by atoms with E-state index in [-0.39, 0.29) is 31.8 Å². The lowest BCUT2D eigenvalue weighted by Crippen LogP contribution is -2.47. The van der Waals surface area contributed by atoms with E-state index in [4.69, 9.17) is 14.6 Å². The molecule has 0 saturated carbocycles. The molecule has 0 bridgehead atoms. The predicted molar refractivity (Wildman–Crippen MR) is 164 cm³/mol. The van der Waals surface area contributed by atoms with Crippen LogP contribution in [0.4, 0.5) is 4.79 Å². The number of carbonyl (C=O) groups is 5. The number of unbranched alkanes of at least 4 members (excludes halogenated alkanes) is 7. The maximum Gasteiger partial charge on any atom is 0.417 e. The normalized spacial score (nSPS) is 16.0. The number of carbonyl (C=O) groups excluding carboxylic acids is 5. The van der Waals surface area contributed by atoms with Gasteiger partial charge in [0.05, 0.1) is 5.92 Å². The molecule has 1 saturated heterocycles. The zero-order valence-corrected chi connectivity index (χ0v) is 25.4. The van der Waals surface area contributed by atoms with Gasteiger partial charge in [-0.15, -0.1) is 0 Å². The average Bonchev–Trinajstić information content (AvgIpc) is 3.42. The molecule has 1 aliphatic rings. The molecule has 236 valence electrons. The van der Waals surface area contributed by atoms with Gasteiger partial charge in [0.2, 0.25) is 5.91 Å². The van der Waals surface area contributed by atoms with Crippen molar-refractivity contribution in [2.24, 2.45) is 5.92 Å². The van der Waals surface area contributed by atoms with Crippen molar-refractivity contribution in [1.82, 2.24) is 4.90 Å². The Morgan fingerprint density at radius 3 is 2.09 bits per heavy atom. The third kappa shape index (κ3) is 10.9. The van der Waals surface area contributed by atoms with Crippen LogP contribution in [0.2, 0.25) is 0 Å². The van der Waals surface area contributed by atoms with Gasteiger partial charge in [-0.05, 0) is 42.5 Å². The molecule has 44 heavy (non-hydrogen) atoms. The van der Waals surface area contributed by atoms with Crippen molar-refractivity contribution in [2.45, 2.75) is 83.3 Å². The van der Waals surface area contributed by atoms with Crippen molar-refractivity contribution in [2.75, 3.05) is 13.2 Å². The van der Waals surface area contributed by atoms with Crippen LogP contribution in [-0.4, -0.2) is 58.9 Å². The van der Waals surface area contributed by atoms with Crippen LogP contribution in [0.15, 0.2) is 72.8 Å². The van der Waals surface area contributed by atoms with E-state index in [1.807, 2.05) is 12.1 Å². The quantitative estimate of drug-likeness (QED) is 0.123. The number of aliphatic hydroxyl groups excluding tert-OH is 1. The Labute approximate surface area is 259 Å². The minimum absolute atomic E-state index is 0.0104. The molecule has 0 aliphatic carbocycles. The van der Waals surface area contributed by atoms with Gasteiger partial charge < -0.3 is 14.6 Å². The Hall–Kier alpha value is -4.11. The summed E-state index contributed by atoms with van der Waals surface area (Å²) < 4.78 is 10.7. The summed E-state index contributed by atoms with van der Waals surface area (Å²) >= 11 is 0. The van der Waals surface area contributed by atoms with Crippen LogP contribution in [0.5, 0.6) is 0 Å². The van der Waals surface area contributed by atoms with Gasteiger partial charge in [0.1, 0.15) is 12.6 Å². The minimum atomic E-state index is -1.56. The summed E-state index contributed by atoms with van der Waals surface area (Å²) in [6, 6.07) is 17.2. The summed E-state index contributed by atoms with van der Waals surface area (Å²) in [7, 11) is 0. The molecule has 2 aromatic rings. The standard InChI is InChI=1S/C35H43NO8/c1-26(38)44-33(32(40)22-21-29(39)20-14-6-4-2-3-5-7-15-23-37)30(24-27-16-10-8-11-17-27)34(41)36-31(25-43-35(36)42)28-18-12-9-13-19-28/h8-13,16-19,21-22,30-31,33,37H,2-7,14-15,20,23-25H2,1H3/t30-,31-,33+/m0/s1. The third-order valence-electron chi connectivity index (χ3n) is 7.61. The Balaban J connectivity index is 1.73. The van der Waals surface area contributed by atoms with Crippen LogP contribution < -0.4 is 0 Å². The van der Waals surface area contributed by atoms with Crippen molar-refractivity contribution >= 4 is 29.5 Å². The smallest absolute Gasteiger partial charge is 0.417 e. The molecule has 0 spiro atoms. The maximum absolute atomic E-state index is 14.1. The van der Waals surface area contributed by atoms with E-state index in [9.17, 15) is 24.0 Å². The van der Waals surface area contributed by atoms with Gasteiger partial charge >= 0.3 is 12.1 Å². The molecule has 2 aromatic carbocycles. The number of amides is 2. The van der Waals surface area contributed by atoms with E-state index in [0.717, 1.165) is 62.8 Å². The molecule has 9 nitrogen and oxygen atoms in total. The predicted octanol–water partition coefficient (Wildman–Crippen LogP) is 5.69. The number of cyclic esters (lactones) is 1. The number of allylic oxidation sites excluding steroid dienone is 1. The monoisotopic (exact) mass is 605 g/mol. The Kier molecular flexibility index (Phi) is 14.5. The highest BCUT2D eigenvalue weighted by molar-refractivity contribution is 6.04. The first-order chi connectivity index (χ1) is 21.3. The number of benzene rings is 2. The second-order valence-corrected chi connectivity index (χ2v) is 11.0. The molecule has 0 unspecified atom stereocenters. The van der Waals surface area contributed by atoms with Gasteiger partial charge in [0.15, 0.2) is 17.7 Å². The van der Waals surface area contributed by atoms with Crippen LogP contribution in [0.1, 0.15) is 81.9 Å². The highest BCUT2D eigenvalue weighted by Crippen LogP contribution is 2.31. The molecular formula is C35H43NO8. The number of imide groups is 1. The number of hydrogen-bond acceptors (Lipinski definition) is 8. The Morgan fingerprint density at radius 2 is 1.48 bits per heavy atom. The molecule has 9 heteroatoms. The first-order valence-corrected chi connectivity index (χ1v) is 15.4. The van der Waals surface area contributed by atoms with E-state index >= 15 is 0 Å². The van der Waals surface area contributed by atoms with Crippen molar-refractivity contribution in [1.29, 1.82) is 0 Å². The Morgan fingerprint density at radius 1 is 0.886 bits per heavy atom. The van der Waals surface area contributed by atoms with Crippen molar-refractivity contribution in [3.05, 3.63) is 83.9 Å². The summed E-state index contributed by atoms with van der Waals surface area (Å²) in [6.45, 7) is 1.32. The van der Waals surface area contributed by atoms with Crippen LogP contribution in [-0.2, 0) is 35.1 Å². The van der Waals surface area contributed by atoms with Gasteiger partial charge in [-0.25, -0.2) is 9.69 Å². The van der Waals surface area contributed by atoms with E-state index < -0.39 is 41.8 Å². The molecule has 0 aromatic heterocycles. The van der Waals surface area contributed by atoms with Gasteiger partial charge in [-0.1, -0.05) is 99.2 Å². The zero-order chi connectivity index (χ0) is 31.7. The second-order valence-electron chi connectivity index (χ2n) is 11.0. The van der Waals surface area contributed by atoms with Gasteiger partial charge in [-0.2, -0.15) is 0 Å². The minimum Gasteiger partial charge on any atom is -0.453 e. The highest BCUT2D eigenvalue weighted by Gasteiger charge is 2.46. The molecule has 1 aliphatic heterocycles. The fourth-order valence-electron chi connectivity index (χ4n) is 5.30. The SMILES string of the molecule is CC(=O)O[C@@H](C(=O)C=CC(=O)CCCCCCCCCCO)[C@H](Cc1ccccc1)C(=O)N1C(=O)OC[C@H]1c1ccccc1. The molecule has 1 fully saturated rings. The lowest BCUT2D eigenvalue weighted by Gasteiger charge is -2.29. The van der Waals surface area contributed by atoms with Crippen LogP contribution in [0, 0.1) is 5.92 Å². The second kappa shape index (κ2) is 18.5. The summed E-state index contributed by atoms with van der Waals surface area (Å²) in [5.74, 6) is -3.67. The fraction of sp³-hybridized carbons (Fsp3) is 0.457. The van der Waals surface area contributed by atoms with Crippen molar-refractivity contribution < 1.29 is 38.6 Å². The first-order valence-electron chi connectivity index (χ1n) is 15.4. The lowest BCUT2D eigenvalue weighted by atomic mass is 9.89. The van der Waals surface area contributed by atoms with Crippen molar-refractivity contribution in [3.8, 4) is 0 Å². The summed E-state index contributed by atoms with van der Waals surface area (Å²) in [5.41, 5.74) is 1.39. The van der Waals surface area contributed by atoms with Crippen LogP contribution in [0.3, 0.4) is 0 Å².